The molecule has 454 valence electrons. The van der Waals surface area contributed by atoms with Crippen molar-refractivity contribution < 1.29 is 28.6 Å². The summed E-state index contributed by atoms with van der Waals surface area (Å²) in [6.45, 7) is 6.57. The molecule has 78 heavy (non-hydrogen) atoms. The first-order valence-electron chi connectivity index (χ1n) is 34.3. The van der Waals surface area contributed by atoms with E-state index in [4.69, 9.17) is 14.2 Å². The second kappa shape index (κ2) is 66.6. The molecule has 0 aromatic carbocycles. The summed E-state index contributed by atoms with van der Waals surface area (Å²) in [6.07, 6.45) is 85.2. The molecular weight excluding hydrogens is 961 g/mol. The summed E-state index contributed by atoms with van der Waals surface area (Å²) < 4.78 is 17.0. The van der Waals surface area contributed by atoms with E-state index in [9.17, 15) is 14.4 Å². The van der Waals surface area contributed by atoms with Crippen molar-refractivity contribution in [2.75, 3.05) is 13.2 Å². The molecule has 0 saturated carbocycles. The van der Waals surface area contributed by atoms with Crippen LogP contribution in [0, 0.1) is 0 Å². The number of carbonyl (C=O) groups is 3. The van der Waals surface area contributed by atoms with Crippen LogP contribution in [0.5, 0.6) is 0 Å². The lowest BCUT2D eigenvalue weighted by Crippen LogP contribution is -2.30. The molecule has 0 spiro atoms. The molecule has 0 saturated heterocycles. The molecular formula is C72H130O6. The zero-order valence-corrected chi connectivity index (χ0v) is 52.2. The Bertz CT molecular complexity index is 1390. The van der Waals surface area contributed by atoms with E-state index in [1.165, 1.54) is 231 Å². The number of hydrogen-bond acceptors (Lipinski definition) is 6. The van der Waals surface area contributed by atoms with Gasteiger partial charge in [0.15, 0.2) is 6.10 Å². The van der Waals surface area contributed by atoms with Crippen molar-refractivity contribution >= 4 is 17.9 Å². The summed E-state index contributed by atoms with van der Waals surface area (Å²) in [5, 5.41) is 0. The van der Waals surface area contributed by atoms with Crippen molar-refractivity contribution in [3.63, 3.8) is 0 Å². The van der Waals surface area contributed by atoms with Gasteiger partial charge >= 0.3 is 17.9 Å². The number of esters is 3. The van der Waals surface area contributed by atoms with Crippen molar-refractivity contribution in [2.24, 2.45) is 0 Å². The van der Waals surface area contributed by atoms with Crippen LogP contribution >= 0.6 is 0 Å². The number of carbonyl (C=O) groups excluding carboxylic acids is 3. The highest BCUT2D eigenvalue weighted by Gasteiger charge is 2.19. The van der Waals surface area contributed by atoms with Gasteiger partial charge in [-0.05, 0) is 83.5 Å². The maximum Gasteiger partial charge on any atom is 0.306 e. The van der Waals surface area contributed by atoms with Crippen LogP contribution in [0.3, 0.4) is 0 Å². The minimum absolute atomic E-state index is 0.0754. The molecule has 0 aliphatic carbocycles. The highest BCUT2D eigenvalue weighted by Crippen LogP contribution is 2.18. The SMILES string of the molecule is CC/C=C\C/C=C\C/C=C\C/C=C\CCCCCCCCCCCCC(=O)OCC(COC(=O)CCCCCCC/C=C\CCCCCCC)OC(=O)CCCCCCCCCCCCCCCCCCCCCCCCC. The third kappa shape index (κ3) is 63.9. The molecule has 0 aromatic rings. The van der Waals surface area contributed by atoms with Crippen LogP contribution in [0.4, 0.5) is 0 Å². The first-order valence-corrected chi connectivity index (χ1v) is 34.3. The second-order valence-electron chi connectivity index (χ2n) is 23.1. The molecule has 0 rings (SSSR count). The fourth-order valence-electron chi connectivity index (χ4n) is 10.1. The topological polar surface area (TPSA) is 78.9 Å². The lowest BCUT2D eigenvalue weighted by molar-refractivity contribution is -0.167. The smallest absolute Gasteiger partial charge is 0.306 e. The second-order valence-corrected chi connectivity index (χ2v) is 23.1. The Morgan fingerprint density at radius 2 is 0.500 bits per heavy atom. The minimum Gasteiger partial charge on any atom is -0.462 e. The molecule has 0 aromatic heterocycles. The molecule has 0 fully saturated rings. The van der Waals surface area contributed by atoms with Crippen LogP contribution in [0.1, 0.15) is 361 Å². The fraction of sp³-hybridized carbons (Fsp3) is 0.819. The molecule has 6 nitrogen and oxygen atoms in total. The number of hydrogen-bond donors (Lipinski definition) is 0. The van der Waals surface area contributed by atoms with Crippen molar-refractivity contribution in [1.82, 2.24) is 0 Å². The van der Waals surface area contributed by atoms with Gasteiger partial charge in [-0.25, -0.2) is 0 Å². The van der Waals surface area contributed by atoms with E-state index in [0.717, 1.165) is 89.9 Å². The maximum absolute atomic E-state index is 12.9. The van der Waals surface area contributed by atoms with Crippen molar-refractivity contribution in [1.29, 1.82) is 0 Å². The third-order valence-electron chi connectivity index (χ3n) is 15.3. The highest BCUT2D eigenvalue weighted by atomic mass is 16.6. The molecule has 0 bridgehead atoms. The van der Waals surface area contributed by atoms with Gasteiger partial charge in [-0.15, -0.1) is 0 Å². The maximum atomic E-state index is 12.9. The van der Waals surface area contributed by atoms with Crippen molar-refractivity contribution in [3.05, 3.63) is 60.8 Å². The van der Waals surface area contributed by atoms with Crippen LogP contribution in [0.2, 0.25) is 0 Å². The van der Waals surface area contributed by atoms with E-state index in [2.05, 4.69) is 81.5 Å². The van der Waals surface area contributed by atoms with Gasteiger partial charge in [0.1, 0.15) is 13.2 Å². The van der Waals surface area contributed by atoms with Crippen LogP contribution in [-0.4, -0.2) is 37.2 Å². The van der Waals surface area contributed by atoms with Gasteiger partial charge < -0.3 is 14.2 Å². The fourth-order valence-corrected chi connectivity index (χ4v) is 10.1. The van der Waals surface area contributed by atoms with Crippen molar-refractivity contribution in [3.8, 4) is 0 Å². The quantitative estimate of drug-likeness (QED) is 0.0261. The largest absolute Gasteiger partial charge is 0.462 e. The van der Waals surface area contributed by atoms with Crippen LogP contribution < -0.4 is 0 Å². The Morgan fingerprint density at radius 3 is 0.795 bits per heavy atom. The average molecular weight is 1090 g/mol. The van der Waals surface area contributed by atoms with Crippen LogP contribution in [0.15, 0.2) is 60.8 Å². The van der Waals surface area contributed by atoms with Crippen LogP contribution in [-0.2, 0) is 28.6 Å². The lowest BCUT2D eigenvalue weighted by Gasteiger charge is -2.18. The predicted molar refractivity (Wildman–Crippen MR) is 339 cm³/mol. The van der Waals surface area contributed by atoms with Gasteiger partial charge in [0.05, 0.1) is 0 Å². The van der Waals surface area contributed by atoms with E-state index in [0.29, 0.717) is 19.3 Å². The predicted octanol–water partition coefficient (Wildman–Crippen LogP) is 23.5. The molecule has 1 atom stereocenters. The van der Waals surface area contributed by atoms with Crippen molar-refractivity contribution in [2.45, 2.75) is 367 Å². The normalized spacial score (nSPS) is 12.4. The van der Waals surface area contributed by atoms with E-state index < -0.39 is 6.10 Å². The molecule has 0 aliphatic heterocycles. The number of unbranched alkanes of at least 4 members (excludes halogenated alkanes) is 42. The molecule has 0 radical (unpaired) electrons. The Morgan fingerprint density at radius 1 is 0.269 bits per heavy atom. The van der Waals surface area contributed by atoms with E-state index in [1.54, 1.807) is 0 Å². The monoisotopic (exact) mass is 1090 g/mol. The van der Waals surface area contributed by atoms with Gasteiger partial charge in [-0.3, -0.25) is 14.4 Å². The first kappa shape index (κ1) is 75.1. The number of rotatable bonds is 63. The van der Waals surface area contributed by atoms with Gasteiger partial charge in [-0.1, -0.05) is 319 Å². The molecule has 0 N–H and O–H groups in total. The summed E-state index contributed by atoms with van der Waals surface area (Å²) in [4.78, 5) is 38.4. The Kier molecular flexibility index (Phi) is 64.2. The molecule has 0 heterocycles. The molecule has 0 aliphatic rings. The number of ether oxygens (including phenoxy) is 3. The highest BCUT2D eigenvalue weighted by molar-refractivity contribution is 5.71. The zero-order chi connectivity index (χ0) is 56.4. The summed E-state index contributed by atoms with van der Waals surface area (Å²) in [6, 6.07) is 0. The van der Waals surface area contributed by atoms with Gasteiger partial charge in [0.2, 0.25) is 0 Å². The minimum atomic E-state index is -0.779. The molecule has 1 unspecified atom stereocenters. The van der Waals surface area contributed by atoms with Gasteiger partial charge in [0.25, 0.3) is 0 Å². The standard InChI is InChI=1S/C72H130O6/c1-4-7-10-13-16-19-22-25-28-30-32-34-36-38-40-42-44-47-50-53-56-59-62-65-71(74)77-68-69(67-76-70(73)64-61-58-55-52-49-46-27-24-21-18-15-12-9-6-3)78-72(75)66-63-60-57-54-51-48-45-43-41-39-37-35-33-31-29-26-23-20-17-14-11-8-5-2/h7,10,16,19,24-25,27-28,32,34,69H,4-6,8-9,11-15,17-18,20-23,26,29-31,33,35-68H2,1-3H3/b10-7-,19-16-,27-24-,28-25-,34-32-. The van der Waals surface area contributed by atoms with E-state index in [-0.39, 0.29) is 31.1 Å². The summed E-state index contributed by atoms with van der Waals surface area (Å²) in [5.41, 5.74) is 0. The summed E-state index contributed by atoms with van der Waals surface area (Å²) in [7, 11) is 0. The number of allylic oxidation sites excluding steroid dienone is 10. The lowest BCUT2D eigenvalue weighted by atomic mass is 10.0. The third-order valence-corrected chi connectivity index (χ3v) is 15.3. The molecule has 0 amide bonds. The van der Waals surface area contributed by atoms with E-state index >= 15 is 0 Å². The average Bonchev–Trinajstić information content (AvgIpc) is 3.44. The van der Waals surface area contributed by atoms with Gasteiger partial charge in [-0.2, -0.15) is 0 Å². The van der Waals surface area contributed by atoms with Gasteiger partial charge in [0, 0.05) is 19.3 Å². The molecule has 6 heteroatoms. The zero-order valence-electron chi connectivity index (χ0n) is 52.2. The Labute approximate surface area is 485 Å². The summed E-state index contributed by atoms with van der Waals surface area (Å²) in [5.74, 6) is -0.864. The van der Waals surface area contributed by atoms with E-state index in [1.807, 2.05) is 0 Å². The summed E-state index contributed by atoms with van der Waals surface area (Å²) >= 11 is 0. The Balaban J connectivity index is 4.29. The van der Waals surface area contributed by atoms with Crippen LogP contribution in [0.25, 0.3) is 0 Å². The first-order chi connectivity index (χ1) is 38.5. The Hall–Kier alpha value is -2.89.